The molecule has 0 saturated heterocycles. The second kappa shape index (κ2) is 10.8. The molecule has 0 amide bonds. The van der Waals surface area contributed by atoms with Gasteiger partial charge < -0.3 is 10.0 Å². The fraction of sp³-hybridized carbons (Fsp3) is 0.296. The molecule has 0 aliphatic heterocycles. The van der Waals surface area contributed by atoms with E-state index in [1.807, 2.05) is 30.5 Å². The number of hydrogen-bond acceptors (Lipinski definition) is 6. The quantitative estimate of drug-likeness (QED) is 0.248. The normalized spacial score (nSPS) is 14.3. The van der Waals surface area contributed by atoms with Crippen molar-refractivity contribution in [2.75, 3.05) is 10.0 Å². The van der Waals surface area contributed by atoms with Crippen LogP contribution in [0.1, 0.15) is 44.6 Å². The lowest BCUT2D eigenvalue weighted by atomic mass is 9.96. The molecule has 0 unspecified atom stereocenters. The molecule has 0 spiro atoms. The zero-order chi connectivity index (χ0) is 24.2. The second-order valence-electron chi connectivity index (χ2n) is 8.79. The van der Waals surface area contributed by atoms with Gasteiger partial charge in [0, 0.05) is 34.3 Å². The molecular weight excluding hydrogens is 481 g/mol. The molecular formula is C27H27ClFN5S. The van der Waals surface area contributed by atoms with E-state index in [4.69, 9.17) is 16.6 Å². The van der Waals surface area contributed by atoms with Gasteiger partial charge >= 0.3 is 0 Å². The lowest BCUT2D eigenvalue weighted by molar-refractivity contribution is 0.461. The minimum atomic E-state index is -0.427. The van der Waals surface area contributed by atoms with Crippen LogP contribution in [-0.2, 0) is 6.42 Å². The highest BCUT2D eigenvalue weighted by Gasteiger charge is 2.16. The predicted molar refractivity (Wildman–Crippen MR) is 144 cm³/mol. The summed E-state index contributed by atoms with van der Waals surface area (Å²) in [4.78, 5) is 14.5. The molecule has 5 nitrogen and oxygen atoms in total. The summed E-state index contributed by atoms with van der Waals surface area (Å²) in [6, 6.07) is 13.4. The maximum absolute atomic E-state index is 14.9. The molecule has 180 valence electrons. The fourth-order valence-corrected chi connectivity index (χ4v) is 5.38. The molecule has 5 rings (SSSR count). The second-order valence-corrected chi connectivity index (χ2v) is 10.0. The minimum absolute atomic E-state index is 0.164. The summed E-state index contributed by atoms with van der Waals surface area (Å²) in [5.41, 5.74) is 3.63. The number of halogens is 2. The monoisotopic (exact) mass is 507 g/mol. The van der Waals surface area contributed by atoms with Gasteiger partial charge in [-0.25, -0.2) is 19.3 Å². The van der Waals surface area contributed by atoms with Crippen molar-refractivity contribution in [3.8, 4) is 11.1 Å². The van der Waals surface area contributed by atoms with Crippen LogP contribution in [0.25, 0.3) is 22.0 Å². The number of anilines is 2. The number of fused-ring (bicyclic) bond motifs is 1. The molecule has 4 aromatic rings. The number of nitrogens with zero attached hydrogens (tertiary/aromatic N) is 3. The number of aromatic nitrogens is 3. The lowest BCUT2D eigenvalue weighted by Gasteiger charge is -2.22. The molecule has 1 fully saturated rings. The van der Waals surface area contributed by atoms with Crippen LogP contribution in [0.4, 0.5) is 16.2 Å². The molecule has 8 heteroatoms. The van der Waals surface area contributed by atoms with Crippen molar-refractivity contribution in [2.24, 2.45) is 0 Å². The summed E-state index contributed by atoms with van der Waals surface area (Å²) in [6.07, 6.45) is 10.5. The summed E-state index contributed by atoms with van der Waals surface area (Å²) in [7, 11) is 0. The standard InChI is InChI=1S/C27H27ClFN5S/c1-2-17-12-18(13-20-16-31-27(33-25(17)20)32-21-8-4-3-5-9-21)19-14-23(29)26(30-15-19)34-35-24-11-7-6-10-22(24)28/h6-7,10-16,21H,2-5,8-9H2,1H3,(H,30,34)(H,31,32,33). The summed E-state index contributed by atoms with van der Waals surface area (Å²) in [6.45, 7) is 2.10. The molecule has 1 saturated carbocycles. The van der Waals surface area contributed by atoms with Gasteiger partial charge in [-0.1, -0.05) is 49.9 Å². The molecule has 0 atom stereocenters. The summed E-state index contributed by atoms with van der Waals surface area (Å²) in [5, 5.41) is 5.05. The Hall–Kier alpha value is -2.90. The van der Waals surface area contributed by atoms with Crippen molar-refractivity contribution < 1.29 is 4.39 Å². The van der Waals surface area contributed by atoms with E-state index in [0.717, 1.165) is 33.3 Å². The smallest absolute Gasteiger partial charge is 0.223 e. The van der Waals surface area contributed by atoms with Gasteiger partial charge in [-0.3, -0.25) is 0 Å². The molecule has 0 radical (unpaired) electrons. The highest BCUT2D eigenvalue weighted by atomic mass is 35.5. The molecule has 2 aromatic carbocycles. The fourth-order valence-electron chi connectivity index (χ4n) is 4.46. The average molecular weight is 508 g/mol. The minimum Gasteiger partial charge on any atom is -0.351 e. The molecule has 1 aliphatic rings. The van der Waals surface area contributed by atoms with E-state index in [0.29, 0.717) is 22.6 Å². The van der Waals surface area contributed by atoms with Crippen LogP contribution in [0.3, 0.4) is 0 Å². The van der Waals surface area contributed by atoms with E-state index in [1.54, 1.807) is 12.3 Å². The molecule has 1 aliphatic carbocycles. The van der Waals surface area contributed by atoms with Crippen molar-refractivity contribution in [1.82, 2.24) is 15.0 Å². The number of benzene rings is 2. The first kappa shape index (κ1) is 23.8. The number of pyridine rings is 1. The Morgan fingerprint density at radius 3 is 2.63 bits per heavy atom. The Kier molecular flexibility index (Phi) is 7.35. The largest absolute Gasteiger partial charge is 0.351 e. The van der Waals surface area contributed by atoms with Gasteiger partial charge in [-0.2, -0.15) is 0 Å². The zero-order valence-electron chi connectivity index (χ0n) is 19.5. The number of hydrogen-bond donors (Lipinski definition) is 2. The summed E-state index contributed by atoms with van der Waals surface area (Å²) in [5.74, 6) is 0.423. The van der Waals surface area contributed by atoms with Crippen molar-refractivity contribution in [3.05, 3.63) is 71.3 Å². The van der Waals surface area contributed by atoms with E-state index in [9.17, 15) is 4.39 Å². The maximum atomic E-state index is 14.9. The highest BCUT2D eigenvalue weighted by Crippen LogP contribution is 2.31. The Labute approximate surface area is 214 Å². The molecule has 2 heterocycles. The first-order valence-corrected chi connectivity index (χ1v) is 13.2. The van der Waals surface area contributed by atoms with Gasteiger partial charge in [-0.05, 0) is 72.7 Å². The molecule has 2 N–H and O–H groups in total. The predicted octanol–water partition coefficient (Wildman–Crippen LogP) is 7.91. The average Bonchev–Trinajstić information content (AvgIpc) is 2.89. The van der Waals surface area contributed by atoms with Crippen molar-refractivity contribution in [1.29, 1.82) is 0 Å². The number of rotatable bonds is 7. The van der Waals surface area contributed by atoms with Crippen LogP contribution in [0, 0.1) is 5.82 Å². The third kappa shape index (κ3) is 5.52. The van der Waals surface area contributed by atoms with Crippen LogP contribution in [0.5, 0.6) is 0 Å². The highest BCUT2D eigenvalue weighted by molar-refractivity contribution is 8.00. The Morgan fingerprint density at radius 2 is 1.86 bits per heavy atom. The molecule has 35 heavy (non-hydrogen) atoms. The third-order valence-corrected chi connectivity index (χ3v) is 7.66. The van der Waals surface area contributed by atoms with E-state index >= 15 is 0 Å². The summed E-state index contributed by atoms with van der Waals surface area (Å²) >= 11 is 7.41. The van der Waals surface area contributed by atoms with Crippen LogP contribution in [-0.4, -0.2) is 21.0 Å². The lowest BCUT2D eigenvalue weighted by Crippen LogP contribution is -2.23. The van der Waals surface area contributed by atoms with Gasteiger partial charge in [0.25, 0.3) is 0 Å². The first-order valence-electron chi connectivity index (χ1n) is 12.0. The number of nitrogens with one attached hydrogen (secondary N) is 2. The van der Waals surface area contributed by atoms with Crippen molar-refractivity contribution in [3.63, 3.8) is 0 Å². The molecule has 2 aromatic heterocycles. The van der Waals surface area contributed by atoms with Crippen molar-refractivity contribution in [2.45, 2.75) is 56.4 Å². The Balaban J connectivity index is 1.38. The van der Waals surface area contributed by atoms with Crippen LogP contribution < -0.4 is 10.0 Å². The Morgan fingerprint density at radius 1 is 1.03 bits per heavy atom. The topological polar surface area (TPSA) is 62.7 Å². The van der Waals surface area contributed by atoms with Crippen LogP contribution >= 0.6 is 23.5 Å². The number of aryl methyl sites for hydroxylation is 1. The van der Waals surface area contributed by atoms with E-state index in [2.05, 4.69) is 33.0 Å². The van der Waals surface area contributed by atoms with Gasteiger partial charge in [0.1, 0.15) is 0 Å². The Bertz CT molecular complexity index is 1340. The van der Waals surface area contributed by atoms with Gasteiger partial charge in [0.05, 0.1) is 10.5 Å². The van der Waals surface area contributed by atoms with Crippen molar-refractivity contribution >= 4 is 46.2 Å². The van der Waals surface area contributed by atoms with Gasteiger partial charge in [0.2, 0.25) is 5.95 Å². The van der Waals surface area contributed by atoms with Crippen LogP contribution in [0.15, 0.2) is 59.8 Å². The third-order valence-electron chi connectivity index (χ3n) is 6.35. The maximum Gasteiger partial charge on any atom is 0.223 e. The van der Waals surface area contributed by atoms with Crippen LogP contribution in [0.2, 0.25) is 5.02 Å². The van der Waals surface area contributed by atoms with E-state index in [-0.39, 0.29) is 5.82 Å². The van der Waals surface area contributed by atoms with E-state index in [1.165, 1.54) is 50.1 Å². The van der Waals surface area contributed by atoms with Gasteiger partial charge in [-0.15, -0.1) is 0 Å². The van der Waals surface area contributed by atoms with Gasteiger partial charge in [0.15, 0.2) is 11.6 Å². The summed E-state index contributed by atoms with van der Waals surface area (Å²) < 4.78 is 17.9. The SMILES string of the molecule is CCc1cc(-c2cnc(NSc3ccccc3Cl)c(F)c2)cc2cnc(NC3CCCCC3)nc12. The first-order chi connectivity index (χ1) is 17.1. The zero-order valence-corrected chi connectivity index (χ0v) is 21.1. The van der Waals surface area contributed by atoms with E-state index < -0.39 is 5.82 Å². The molecule has 0 bridgehead atoms.